The lowest BCUT2D eigenvalue weighted by Crippen LogP contribution is -2.30. The van der Waals surface area contributed by atoms with Gasteiger partial charge in [-0.15, -0.1) is 0 Å². The molecule has 0 heterocycles. The molecule has 0 radical (unpaired) electrons. The lowest BCUT2D eigenvalue weighted by atomic mass is 10.0. The molecule has 0 spiro atoms. The zero-order chi connectivity index (χ0) is 39.5. The molecule has 0 bridgehead atoms. The van der Waals surface area contributed by atoms with E-state index in [1.54, 1.807) is 0 Å². The van der Waals surface area contributed by atoms with Gasteiger partial charge in [-0.2, -0.15) is 33.7 Å². The van der Waals surface area contributed by atoms with E-state index in [1.165, 1.54) is 0 Å². The molecule has 4 N–H and O–H groups in total. The van der Waals surface area contributed by atoms with Crippen molar-refractivity contribution in [1.82, 2.24) is 0 Å². The van der Waals surface area contributed by atoms with Crippen molar-refractivity contribution in [2.75, 3.05) is 12.3 Å². The molecule has 312 valence electrons. The Hall–Kier alpha value is 0.500. The molecule has 4 aliphatic carbocycles. The summed E-state index contributed by atoms with van der Waals surface area (Å²) in [7, 11) is -18.1. The summed E-state index contributed by atoms with van der Waals surface area (Å²) in [5, 5.41) is -3.08. The molecule has 53 heavy (non-hydrogen) atoms. The first-order valence-electron chi connectivity index (χ1n) is 20.0. The molecule has 0 aromatic heterocycles. The highest BCUT2D eigenvalue weighted by Crippen LogP contribution is 2.63. The molecule has 0 aromatic rings. The summed E-state index contributed by atoms with van der Waals surface area (Å²) < 4.78 is 137. The maximum atomic E-state index is 12.2. The van der Waals surface area contributed by atoms with Crippen molar-refractivity contribution in [3.63, 3.8) is 0 Å². The first-order chi connectivity index (χ1) is 24.6. The molecule has 4 aliphatic rings. The third-order valence-corrected chi connectivity index (χ3v) is 27.1. The van der Waals surface area contributed by atoms with Gasteiger partial charge in [0.1, 0.15) is 0 Å². The van der Waals surface area contributed by atoms with Crippen molar-refractivity contribution in [3.8, 4) is 0 Å². The maximum Gasteiger partial charge on any atom is 0.267 e. The molecule has 18 heteroatoms. The average molecular weight is 869 g/mol. The summed E-state index contributed by atoms with van der Waals surface area (Å²) in [6, 6.07) is 0. The van der Waals surface area contributed by atoms with Crippen LogP contribution >= 0.6 is 15.8 Å². The summed E-state index contributed by atoms with van der Waals surface area (Å²) in [6.45, 7) is 8.59. The normalized spacial score (nSPS) is 33.8. The molecule has 0 aliphatic heterocycles. The summed E-state index contributed by atoms with van der Waals surface area (Å²) >= 11 is 0. The Morgan fingerprint density at radius 3 is 0.774 bits per heavy atom. The minimum absolute atomic E-state index is 0.130. The zero-order valence-corrected chi connectivity index (χ0v) is 37.0. The van der Waals surface area contributed by atoms with Crippen LogP contribution in [0.3, 0.4) is 0 Å². The van der Waals surface area contributed by atoms with E-state index >= 15 is 0 Å². The first kappa shape index (κ1) is 46.2. The molecule has 0 amide bonds. The predicted octanol–water partition coefficient (Wildman–Crippen LogP) is 7.68. The standard InChI is InChI=1S/C35H66O12P2S4/c1-5-32(24-10-14-28(20-24)50(36,37)38)48(33(6-2)25-11-15-29(21-25)51(39,40)41)18-9-19-49(34(7-3)26-12-16-30(22-26)52(42,43)44)35(8-4)27-13-17-31(23-27)53(45,46)47/h24-35H,5-23H2,1-4H3,(H,36,37,38)(H,39,40,41)(H,42,43,44)(H,45,46,47). The Bertz CT molecular complexity index is 1410. The SMILES string of the molecule is CCC(C1CCC(S(=O)(=O)O)C1)P(CCCP(C(CC)C1CCC(S(=O)(=O)O)C1)C(CC)C1CCC(S(=O)(=O)O)C1)C(CC)C1CCC(S(=O)(=O)O)C1. The van der Waals surface area contributed by atoms with Gasteiger partial charge >= 0.3 is 0 Å². The van der Waals surface area contributed by atoms with Crippen LogP contribution in [-0.2, 0) is 40.5 Å². The van der Waals surface area contributed by atoms with Crippen LogP contribution in [0.15, 0.2) is 0 Å². The molecule has 12 unspecified atom stereocenters. The minimum Gasteiger partial charge on any atom is -0.285 e. The van der Waals surface area contributed by atoms with Crippen LogP contribution in [0.5, 0.6) is 0 Å². The molecular formula is C35H66O12P2S4. The van der Waals surface area contributed by atoms with Gasteiger partial charge in [0.15, 0.2) is 0 Å². The summed E-state index contributed by atoms with van der Waals surface area (Å²) in [5.41, 5.74) is 0.935. The maximum absolute atomic E-state index is 12.2. The van der Waals surface area contributed by atoms with Crippen LogP contribution in [0.2, 0.25) is 0 Å². The second-order valence-electron chi connectivity index (χ2n) is 16.6. The van der Waals surface area contributed by atoms with Gasteiger partial charge < -0.3 is 0 Å². The van der Waals surface area contributed by atoms with E-state index in [0.29, 0.717) is 77.0 Å². The number of hydrogen-bond donors (Lipinski definition) is 4. The van der Waals surface area contributed by atoms with E-state index in [1.807, 2.05) is 0 Å². The first-order valence-corrected chi connectivity index (χ1v) is 29.3. The second kappa shape index (κ2) is 19.0. The lowest BCUT2D eigenvalue weighted by Gasteiger charge is -2.42. The zero-order valence-electron chi connectivity index (χ0n) is 31.9. The summed E-state index contributed by atoms with van der Waals surface area (Å²) in [6.07, 6.45) is 12.3. The van der Waals surface area contributed by atoms with Gasteiger partial charge in [-0.3, -0.25) is 18.2 Å². The van der Waals surface area contributed by atoms with Crippen LogP contribution < -0.4 is 0 Å². The monoisotopic (exact) mass is 868 g/mol. The van der Waals surface area contributed by atoms with Crippen molar-refractivity contribution in [1.29, 1.82) is 0 Å². The molecule has 12 nitrogen and oxygen atoms in total. The fraction of sp³-hybridized carbons (Fsp3) is 1.00. The van der Waals surface area contributed by atoms with Crippen molar-refractivity contribution >= 4 is 56.3 Å². The van der Waals surface area contributed by atoms with E-state index < -0.39 is 77.3 Å². The molecule has 4 saturated carbocycles. The predicted molar refractivity (Wildman–Crippen MR) is 215 cm³/mol. The van der Waals surface area contributed by atoms with Crippen molar-refractivity contribution in [2.24, 2.45) is 23.7 Å². The number of hydrogen-bond acceptors (Lipinski definition) is 8. The Morgan fingerprint density at radius 1 is 0.415 bits per heavy atom. The van der Waals surface area contributed by atoms with E-state index in [9.17, 15) is 51.9 Å². The van der Waals surface area contributed by atoms with Gasteiger partial charge in [0.25, 0.3) is 40.5 Å². The summed E-state index contributed by atoms with van der Waals surface area (Å²) in [5.74, 6) is 0.522. The molecule has 0 aromatic carbocycles. The van der Waals surface area contributed by atoms with Crippen molar-refractivity contribution < 1.29 is 51.9 Å². The molecule has 0 saturated heterocycles. The summed E-state index contributed by atoms with van der Waals surface area (Å²) in [4.78, 5) is 0. The number of rotatable bonds is 20. The molecular weight excluding hydrogens is 803 g/mol. The molecule has 4 rings (SSSR count). The third-order valence-electron chi connectivity index (χ3n) is 13.8. The lowest BCUT2D eigenvalue weighted by molar-refractivity contribution is 0.450. The van der Waals surface area contributed by atoms with Gasteiger partial charge in [0.05, 0.1) is 21.0 Å². The van der Waals surface area contributed by atoms with Crippen LogP contribution in [0.4, 0.5) is 0 Å². The van der Waals surface area contributed by atoms with Crippen LogP contribution in [0.1, 0.15) is 137 Å². The second-order valence-corrected chi connectivity index (χ2v) is 29.0. The Balaban J connectivity index is 1.64. The van der Waals surface area contributed by atoms with Crippen molar-refractivity contribution in [3.05, 3.63) is 0 Å². The van der Waals surface area contributed by atoms with Gasteiger partial charge in [0, 0.05) is 0 Å². The fourth-order valence-electron chi connectivity index (χ4n) is 11.3. The quantitative estimate of drug-likeness (QED) is 0.0684. The van der Waals surface area contributed by atoms with E-state index in [-0.39, 0.29) is 46.3 Å². The topological polar surface area (TPSA) is 217 Å². The van der Waals surface area contributed by atoms with Gasteiger partial charge in [-0.1, -0.05) is 43.5 Å². The molecule has 4 fully saturated rings. The van der Waals surface area contributed by atoms with Crippen LogP contribution in [0.25, 0.3) is 0 Å². The van der Waals surface area contributed by atoms with E-state index in [4.69, 9.17) is 0 Å². The minimum atomic E-state index is -4.16. The Labute approximate surface area is 323 Å². The van der Waals surface area contributed by atoms with E-state index in [0.717, 1.165) is 44.4 Å². The largest absolute Gasteiger partial charge is 0.285 e. The van der Waals surface area contributed by atoms with E-state index in [2.05, 4.69) is 27.7 Å². The highest BCUT2D eigenvalue weighted by atomic mass is 32.2. The van der Waals surface area contributed by atoms with Gasteiger partial charge in [-0.25, -0.2) is 0 Å². The highest BCUT2D eigenvalue weighted by molar-refractivity contribution is 7.87. The smallest absolute Gasteiger partial charge is 0.267 e. The average Bonchev–Trinajstić information content (AvgIpc) is 3.87. The Morgan fingerprint density at radius 2 is 0.623 bits per heavy atom. The van der Waals surface area contributed by atoms with Gasteiger partial charge in [-0.05, 0) is 168 Å². The highest BCUT2D eigenvalue weighted by Gasteiger charge is 2.47. The van der Waals surface area contributed by atoms with Crippen LogP contribution in [-0.4, -0.2) is 108 Å². The van der Waals surface area contributed by atoms with Gasteiger partial charge in [0.2, 0.25) is 0 Å². The molecule has 12 atom stereocenters. The fourth-order valence-corrected chi connectivity index (χ4v) is 23.7. The van der Waals surface area contributed by atoms with Crippen LogP contribution in [0, 0.1) is 23.7 Å². The third kappa shape index (κ3) is 11.8. The Kier molecular flexibility index (Phi) is 16.6. The van der Waals surface area contributed by atoms with Crippen molar-refractivity contribution in [2.45, 2.75) is 180 Å².